The van der Waals surface area contributed by atoms with Crippen molar-refractivity contribution in [3.05, 3.63) is 71.2 Å². The van der Waals surface area contributed by atoms with Gasteiger partial charge < -0.3 is 10.4 Å². The molecule has 1 aromatic heterocycles. The van der Waals surface area contributed by atoms with E-state index in [9.17, 15) is 19.1 Å². The number of benzene rings is 2. The highest BCUT2D eigenvalue weighted by atomic mass is 19.1. The van der Waals surface area contributed by atoms with E-state index in [1.54, 1.807) is 19.1 Å². The molecule has 0 fully saturated rings. The third-order valence-corrected chi connectivity index (χ3v) is 4.64. The quantitative estimate of drug-likeness (QED) is 0.697. The van der Waals surface area contributed by atoms with Crippen LogP contribution in [0.3, 0.4) is 0 Å². The van der Waals surface area contributed by atoms with Gasteiger partial charge in [0.25, 0.3) is 0 Å². The molecule has 1 aliphatic heterocycles. The molecule has 1 amide bonds. The van der Waals surface area contributed by atoms with Crippen LogP contribution in [0.1, 0.15) is 34.0 Å². The van der Waals surface area contributed by atoms with Crippen LogP contribution in [0.5, 0.6) is 5.75 Å². The number of anilines is 1. The van der Waals surface area contributed by atoms with Crippen molar-refractivity contribution >= 4 is 17.5 Å². The monoisotopic (exact) mass is 365 g/mol. The molecule has 0 radical (unpaired) electrons. The van der Waals surface area contributed by atoms with Gasteiger partial charge in [0.15, 0.2) is 5.78 Å². The molecule has 1 atom stereocenters. The first-order chi connectivity index (χ1) is 12.9. The summed E-state index contributed by atoms with van der Waals surface area (Å²) >= 11 is 0. The first-order valence-corrected chi connectivity index (χ1v) is 8.42. The van der Waals surface area contributed by atoms with E-state index < -0.39 is 5.92 Å². The predicted molar refractivity (Wildman–Crippen MR) is 96.7 cm³/mol. The van der Waals surface area contributed by atoms with Gasteiger partial charge in [-0.15, -0.1) is 0 Å². The van der Waals surface area contributed by atoms with Crippen LogP contribution in [-0.2, 0) is 4.79 Å². The predicted octanol–water partition coefficient (Wildman–Crippen LogP) is 3.33. The zero-order valence-corrected chi connectivity index (χ0v) is 14.4. The smallest absolute Gasteiger partial charge is 0.226 e. The minimum absolute atomic E-state index is 0.0165. The molecule has 136 valence electrons. The van der Waals surface area contributed by atoms with Gasteiger partial charge in [-0.25, -0.2) is 9.07 Å². The van der Waals surface area contributed by atoms with Crippen LogP contribution in [-0.4, -0.2) is 26.6 Å². The number of phenolic OH excluding ortho intramolecular Hbond substituents is 1. The number of aryl methyl sites for hydroxylation is 1. The molecular formula is C20H16FN3O3. The van der Waals surface area contributed by atoms with Crippen molar-refractivity contribution in [3.63, 3.8) is 0 Å². The van der Waals surface area contributed by atoms with Crippen LogP contribution in [0.2, 0.25) is 0 Å². The fraction of sp³-hybridized carbons (Fsp3) is 0.150. The van der Waals surface area contributed by atoms with E-state index in [1.165, 1.54) is 41.1 Å². The SMILES string of the molecule is Cc1nn(-c2ccc(F)cc2)c2c1C(C(=O)c1ccc(O)cc1)CC(=O)N2. The lowest BCUT2D eigenvalue weighted by molar-refractivity contribution is -0.116. The molecule has 0 bridgehead atoms. The molecule has 2 heterocycles. The number of Topliss-reactive ketones (excluding diaryl/α,β-unsaturated/α-hetero) is 1. The Bertz CT molecular complexity index is 1040. The maximum absolute atomic E-state index is 13.2. The second-order valence-corrected chi connectivity index (χ2v) is 6.45. The van der Waals surface area contributed by atoms with Crippen molar-refractivity contribution in [1.82, 2.24) is 9.78 Å². The van der Waals surface area contributed by atoms with Crippen molar-refractivity contribution in [2.45, 2.75) is 19.3 Å². The van der Waals surface area contributed by atoms with Crippen molar-refractivity contribution < 1.29 is 19.1 Å². The molecule has 2 aromatic carbocycles. The normalized spacial score (nSPS) is 15.9. The second-order valence-electron chi connectivity index (χ2n) is 6.45. The van der Waals surface area contributed by atoms with Gasteiger partial charge >= 0.3 is 0 Å². The maximum Gasteiger partial charge on any atom is 0.226 e. The average Bonchev–Trinajstić information content (AvgIpc) is 2.98. The third kappa shape index (κ3) is 2.97. The first-order valence-electron chi connectivity index (χ1n) is 8.42. The van der Waals surface area contributed by atoms with Crippen molar-refractivity contribution in [1.29, 1.82) is 0 Å². The number of hydrogen-bond acceptors (Lipinski definition) is 4. The summed E-state index contributed by atoms with van der Waals surface area (Å²) in [5, 5.41) is 16.7. The van der Waals surface area contributed by atoms with Crippen molar-refractivity contribution in [3.8, 4) is 11.4 Å². The van der Waals surface area contributed by atoms with E-state index in [1.807, 2.05) is 0 Å². The molecule has 2 N–H and O–H groups in total. The highest BCUT2D eigenvalue weighted by Gasteiger charge is 2.36. The summed E-state index contributed by atoms with van der Waals surface area (Å²) in [6.07, 6.45) is 0.0165. The molecule has 0 saturated carbocycles. The Labute approximate surface area is 154 Å². The standard InChI is InChI=1S/C20H16FN3O3/c1-11-18-16(19(27)12-2-8-15(25)9-3-12)10-17(26)22-20(18)24(23-11)14-6-4-13(21)5-7-14/h2-9,16,25H,10H2,1H3,(H,22,26). The lowest BCUT2D eigenvalue weighted by Gasteiger charge is -2.23. The lowest BCUT2D eigenvalue weighted by atomic mass is 9.85. The minimum Gasteiger partial charge on any atom is -0.508 e. The summed E-state index contributed by atoms with van der Waals surface area (Å²) < 4.78 is 14.7. The van der Waals surface area contributed by atoms with Gasteiger partial charge in [0.1, 0.15) is 17.4 Å². The molecule has 1 aliphatic rings. The fourth-order valence-corrected chi connectivity index (χ4v) is 3.37. The number of ketones is 1. The highest BCUT2D eigenvalue weighted by molar-refractivity contribution is 6.08. The molecule has 0 saturated heterocycles. The van der Waals surface area contributed by atoms with Crippen molar-refractivity contribution in [2.24, 2.45) is 0 Å². The Balaban J connectivity index is 1.80. The number of aromatic hydroxyl groups is 1. The number of nitrogens with one attached hydrogen (secondary N) is 1. The van der Waals surface area contributed by atoms with Gasteiger partial charge in [0, 0.05) is 17.5 Å². The van der Waals surface area contributed by atoms with E-state index >= 15 is 0 Å². The summed E-state index contributed by atoms with van der Waals surface area (Å²) in [4.78, 5) is 25.3. The number of carbonyl (C=O) groups excluding carboxylic acids is 2. The van der Waals surface area contributed by atoms with Gasteiger partial charge in [-0.2, -0.15) is 5.10 Å². The van der Waals surface area contributed by atoms with Gasteiger partial charge in [-0.1, -0.05) is 0 Å². The number of carbonyl (C=O) groups is 2. The summed E-state index contributed by atoms with van der Waals surface area (Å²) in [7, 11) is 0. The topological polar surface area (TPSA) is 84.2 Å². The number of hydrogen-bond donors (Lipinski definition) is 2. The number of aromatic nitrogens is 2. The van der Waals surface area contributed by atoms with E-state index in [4.69, 9.17) is 0 Å². The van der Waals surface area contributed by atoms with Crippen molar-refractivity contribution in [2.75, 3.05) is 5.32 Å². The summed E-state index contributed by atoms with van der Waals surface area (Å²) in [5.41, 5.74) is 2.26. The molecule has 0 spiro atoms. The van der Waals surface area contributed by atoms with Gasteiger partial charge in [0.2, 0.25) is 5.91 Å². The summed E-state index contributed by atoms with van der Waals surface area (Å²) in [5.74, 6) is -1.06. The first kappa shape index (κ1) is 17.0. The average molecular weight is 365 g/mol. The Morgan fingerprint density at radius 1 is 1.19 bits per heavy atom. The van der Waals surface area contributed by atoms with Crippen LogP contribution >= 0.6 is 0 Å². The van der Waals surface area contributed by atoms with Crippen LogP contribution in [0.15, 0.2) is 48.5 Å². The minimum atomic E-state index is -0.674. The Hall–Kier alpha value is -3.48. The maximum atomic E-state index is 13.2. The highest BCUT2D eigenvalue weighted by Crippen LogP contribution is 2.38. The van der Waals surface area contributed by atoms with Crippen LogP contribution < -0.4 is 5.32 Å². The van der Waals surface area contributed by atoms with Crippen LogP contribution in [0.4, 0.5) is 10.2 Å². The number of phenols is 1. The Morgan fingerprint density at radius 2 is 1.85 bits per heavy atom. The molecule has 1 unspecified atom stereocenters. The van der Waals surface area contributed by atoms with Crippen LogP contribution in [0, 0.1) is 12.7 Å². The molecule has 6 nitrogen and oxygen atoms in total. The third-order valence-electron chi connectivity index (χ3n) is 4.64. The number of amides is 1. The zero-order chi connectivity index (χ0) is 19.1. The number of halogens is 1. The fourth-order valence-electron chi connectivity index (χ4n) is 3.37. The molecule has 4 rings (SSSR count). The van der Waals surface area contributed by atoms with Gasteiger partial charge in [-0.05, 0) is 55.5 Å². The van der Waals surface area contributed by atoms with E-state index in [0.717, 1.165) is 0 Å². The van der Waals surface area contributed by atoms with Gasteiger partial charge in [-0.3, -0.25) is 9.59 Å². The van der Waals surface area contributed by atoms with E-state index in [-0.39, 0.29) is 29.7 Å². The second kappa shape index (κ2) is 6.35. The largest absolute Gasteiger partial charge is 0.508 e. The molecule has 0 aliphatic carbocycles. The number of fused-ring (bicyclic) bond motifs is 1. The van der Waals surface area contributed by atoms with Gasteiger partial charge in [0.05, 0.1) is 17.3 Å². The summed E-state index contributed by atoms with van der Waals surface area (Å²) in [6, 6.07) is 11.7. The van der Waals surface area contributed by atoms with Crippen LogP contribution in [0.25, 0.3) is 5.69 Å². The molecular weight excluding hydrogens is 349 g/mol. The zero-order valence-electron chi connectivity index (χ0n) is 14.4. The molecule has 27 heavy (non-hydrogen) atoms. The molecule has 7 heteroatoms. The Morgan fingerprint density at radius 3 is 2.52 bits per heavy atom. The van der Waals surface area contributed by atoms with E-state index in [0.29, 0.717) is 28.3 Å². The summed E-state index contributed by atoms with van der Waals surface area (Å²) in [6.45, 7) is 1.77. The Kier molecular flexibility index (Phi) is 3.99. The number of nitrogens with zero attached hydrogens (tertiary/aromatic N) is 2. The molecule has 3 aromatic rings. The number of rotatable bonds is 3. The lowest BCUT2D eigenvalue weighted by Crippen LogP contribution is -2.28. The van der Waals surface area contributed by atoms with E-state index in [2.05, 4.69) is 10.4 Å².